The highest BCUT2D eigenvalue weighted by Crippen LogP contribution is 2.55. The summed E-state index contributed by atoms with van der Waals surface area (Å²) in [6.45, 7) is 18.8. The van der Waals surface area contributed by atoms with E-state index < -0.39 is 6.85 Å². The van der Waals surface area contributed by atoms with Gasteiger partial charge in [-0.1, -0.05) is 146 Å². The van der Waals surface area contributed by atoms with E-state index in [4.69, 9.17) is 4.11 Å². The van der Waals surface area contributed by atoms with E-state index in [-0.39, 0.29) is 28.4 Å². The van der Waals surface area contributed by atoms with E-state index in [1.165, 1.54) is 38.7 Å². The number of aryl methyl sites for hydroxylation is 2. The fourth-order valence-electron chi connectivity index (χ4n) is 12.6. The smallest absolute Gasteiger partial charge is 0.252 e. The predicted molar refractivity (Wildman–Crippen MR) is 262 cm³/mol. The van der Waals surface area contributed by atoms with Crippen LogP contribution >= 0.6 is 0 Å². The summed E-state index contributed by atoms with van der Waals surface area (Å²) < 4.78 is 27.1. The molecule has 2 nitrogen and oxygen atoms in total. The van der Waals surface area contributed by atoms with Crippen molar-refractivity contribution >= 4 is 57.2 Å². The molecule has 3 heteroatoms. The molecule has 2 aliphatic heterocycles. The molecule has 2 aliphatic carbocycles. The maximum atomic E-state index is 9.04. The fraction of sp³-hybridized carbons (Fsp3) is 0.276. The van der Waals surface area contributed by atoms with E-state index in [0.717, 1.165) is 74.7 Å². The van der Waals surface area contributed by atoms with Gasteiger partial charge in [0, 0.05) is 38.2 Å². The van der Waals surface area contributed by atoms with Gasteiger partial charge in [-0.25, -0.2) is 0 Å². The summed E-state index contributed by atoms with van der Waals surface area (Å²) in [6.07, 6.45) is 2.11. The highest BCUT2D eigenvalue weighted by atomic mass is 15.2. The van der Waals surface area contributed by atoms with Crippen LogP contribution in [-0.4, -0.2) is 6.71 Å². The van der Waals surface area contributed by atoms with Crippen LogP contribution in [0.3, 0.4) is 0 Å². The van der Waals surface area contributed by atoms with Gasteiger partial charge < -0.3 is 9.80 Å². The van der Waals surface area contributed by atoms with Gasteiger partial charge in [0.25, 0.3) is 6.71 Å². The fourth-order valence-corrected chi connectivity index (χ4v) is 12.6. The molecule has 7 aromatic carbocycles. The topological polar surface area (TPSA) is 6.48 Å². The van der Waals surface area contributed by atoms with Crippen LogP contribution in [0.25, 0.3) is 22.3 Å². The van der Waals surface area contributed by atoms with E-state index in [1.807, 2.05) is 12.1 Å². The standard InChI is InChI=1S/C58H57BN2/c1-36-27-52-54-53(28-36)61(49-25-21-40(29-37(49)2)38-17-13-11-14-18-38)50-26-22-41(39-19-15-12-16-20-39)30-47(50)59(54)48-32-45-46(58(9,10)35-57(45,7)8)33-51(48)60(52)42-23-24-43-44(31-42)56(5,6)34-55(43,3)4/h11-33H,34-35H2,1-10H3/i1D3. The molecule has 2 heterocycles. The van der Waals surface area contributed by atoms with Crippen LogP contribution in [0.15, 0.2) is 140 Å². The van der Waals surface area contributed by atoms with Crippen LogP contribution in [0.5, 0.6) is 0 Å². The molecule has 0 aromatic heterocycles. The third kappa shape index (κ3) is 5.68. The van der Waals surface area contributed by atoms with Gasteiger partial charge in [-0.05, 0) is 169 Å². The maximum absolute atomic E-state index is 9.04. The Morgan fingerprint density at radius 3 is 1.57 bits per heavy atom. The summed E-state index contributed by atoms with van der Waals surface area (Å²) in [6, 6.07) is 51.0. The third-order valence-corrected chi connectivity index (χ3v) is 14.8. The zero-order valence-electron chi connectivity index (χ0n) is 40.2. The van der Waals surface area contributed by atoms with Crippen LogP contribution in [0, 0.1) is 13.8 Å². The van der Waals surface area contributed by atoms with E-state index in [1.54, 1.807) is 0 Å². The Labute approximate surface area is 368 Å². The number of hydrogen-bond donors (Lipinski definition) is 0. The molecule has 0 saturated carbocycles. The molecule has 0 amide bonds. The molecular weight excluding hydrogens is 735 g/mol. The van der Waals surface area contributed by atoms with Crippen molar-refractivity contribution in [3.63, 3.8) is 0 Å². The minimum Gasteiger partial charge on any atom is -0.311 e. The van der Waals surface area contributed by atoms with Crippen molar-refractivity contribution in [2.75, 3.05) is 9.80 Å². The first-order chi connectivity index (χ1) is 30.2. The molecule has 0 atom stereocenters. The Morgan fingerprint density at radius 2 is 0.967 bits per heavy atom. The zero-order valence-corrected chi connectivity index (χ0v) is 37.2. The lowest BCUT2D eigenvalue weighted by Crippen LogP contribution is -2.61. The number of nitrogens with zero attached hydrogens (tertiary/aromatic N) is 2. The van der Waals surface area contributed by atoms with Crippen molar-refractivity contribution in [3.8, 4) is 22.3 Å². The summed E-state index contributed by atoms with van der Waals surface area (Å²) in [7, 11) is 0. The third-order valence-electron chi connectivity index (χ3n) is 14.8. The van der Waals surface area contributed by atoms with Crippen LogP contribution in [0.4, 0.5) is 34.1 Å². The van der Waals surface area contributed by atoms with Crippen molar-refractivity contribution in [1.82, 2.24) is 0 Å². The summed E-state index contributed by atoms with van der Waals surface area (Å²) >= 11 is 0. The Morgan fingerprint density at radius 1 is 0.443 bits per heavy atom. The Bertz CT molecular complexity index is 3070. The van der Waals surface area contributed by atoms with Crippen molar-refractivity contribution in [2.45, 2.75) is 104 Å². The Balaban J connectivity index is 1.26. The summed E-state index contributed by atoms with van der Waals surface area (Å²) in [5.74, 6) is 0. The minimum atomic E-state index is -2.35. The largest absolute Gasteiger partial charge is 0.311 e. The monoisotopic (exact) mass is 795 g/mol. The van der Waals surface area contributed by atoms with Gasteiger partial charge in [0.1, 0.15) is 0 Å². The van der Waals surface area contributed by atoms with Crippen molar-refractivity contribution < 1.29 is 4.11 Å². The van der Waals surface area contributed by atoms with E-state index in [0.29, 0.717) is 5.56 Å². The second kappa shape index (κ2) is 12.9. The van der Waals surface area contributed by atoms with Gasteiger partial charge in [-0.15, -0.1) is 0 Å². The number of benzene rings is 7. The second-order valence-corrected chi connectivity index (χ2v) is 21.1. The van der Waals surface area contributed by atoms with Crippen molar-refractivity contribution in [1.29, 1.82) is 0 Å². The van der Waals surface area contributed by atoms with Crippen LogP contribution < -0.4 is 26.2 Å². The second-order valence-electron chi connectivity index (χ2n) is 21.1. The molecule has 0 fully saturated rings. The van der Waals surface area contributed by atoms with Crippen LogP contribution in [-0.2, 0) is 21.7 Å². The first kappa shape index (κ1) is 34.9. The Kier molecular flexibility index (Phi) is 7.35. The van der Waals surface area contributed by atoms with Crippen LogP contribution in [0.1, 0.15) is 106 Å². The molecule has 302 valence electrons. The first-order valence-corrected chi connectivity index (χ1v) is 22.2. The number of fused-ring (bicyclic) bond motifs is 6. The molecule has 0 saturated heterocycles. The molecule has 11 rings (SSSR count). The van der Waals surface area contributed by atoms with Gasteiger partial charge >= 0.3 is 0 Å². The van der Waals surface area contributed by atoms with Crippen LogP contribution in [0.2, 0.25) is 0 Å². The van der Waals surface area contributed by atoms with Gasteiger partial charge in [0.15, 0.2) is 0 Å². The first-order valence-electron chi connectivity index (χ1n) is 23.7. The quantitative estimate of drug-likeness (QED) is 0.164. The summed E-state index contributed by atoms with van der Waals surface area (Å²) in [4.78, 5) is 4.82. The Hall–Kier alpha value is -5.80. The molecule has 7 aromatic rings. The molecule has 0 bridgehead atoms. The number of rotatable bonds is 4. The average molecular weight is 796 g/mol. The SMILES string of the molecule is [2H]C([2H])([2H])c1cc2c3c(c1)N(c1ccc(-c4ccccc4)cc1C)c1ccc(-c4ccccc4)cc1B3c1cc3c(cc1N2c1ccc2c(c1)C(C)(C)CC2(C)C)C(C)(C)CC3(C)C. The molecule has 0 N–H and O–H groups in total. The van der Waals surface area contributed by atoms with E-state index in [2.05, 4.69) is 200 Å². The zero-order chi connectivity index (χ0) is 44.9. The van der Waals surface area contributed by atoms with Crippen molar-refractivity contribution in [2.24, 2.45) is 0 Å². The molecular formula is C58H57BN2. The van der Waals surface area contributed by atoms with Gasteiger partial charge in [-0.3, -0.25) is 0 Å². The molecule has 4 aliphatic rings. The van der Waals surface area contributed by atoms with Gasteiger partial charge in [0.05, 0.1) is 0 Å². The lowest BCUT2D eigenvalue weighted by Gasteiger charge is -2.45. The molecule has 0 radical (unpaired) electrons. The van der Waals surface area contributed by atoms with Gasteiger partial charge in [0.2, 0.25) is 0 Å². The van der Waals surface area contributed by atoms with E-state index >= 15 is 0 Å². The maximum Gasteiger partial charge on any atom is 0.252 e. The van der Waals surface area contributed by atoms with Gasteiger partial charge in [-0.2, -0.15) is 0 Å². The summed E-state index contributed by atoms with van der Waals surface area (Å²) in [5.41, 5.74) is 21.4. The normalized spacial score (nSPS) is 18.9. The lowest BCUT2D eigenvalue weighted by molar-refractivity contribution is 0.403. The number of hydrogen-bond acceptors (Lipinski definition) is 2. The predicted octanol–water partition coefficient (Wildman–Crippen LogP) is 13.6. The van der Waals surface area contributed by atoms with E-state index in [9.17, 15) is 0 Å². The average Bonchev–Trinajstić information content (AvgIpc) is 3.56. The molecule has 0 unspecified atom stereocenters. The molecule has 0 spiro atoms. The van der Waals surface area contributed by atoms with Crippen molar-refractivity contribution in [3.05, 3.63) is 173 Å². The summed E-state index contributed by atoms with van der Waals surface area (Å²) in [5, 5.41) is 0. The highest BCUT2D eigenvalue weighted by molar-refractivity contribution is 7.00. The highest BCUT2D eigenvalue weighted by Gasteiger charge is 2.49. The lowest BCUT2D eigenvalue weighted by atomic mass is 9.33. The minimum absolute atomic E-state index is 0.0209. The molecule has 61 heavy (non-hydrogen) atoms. The number of anilines is 6.